The third-order valence-corrected chi connectivity index (χ3v) is 1.92. The number of hydrogen-bond acceptors (Lipinski definition) is 9. The molecule has 13 heteroatoms. The molecule has 0 saturated heterocycles. The van der Waals surface area contributed by atoms with Crippen molar-refractivity contribution in [2.75, 3.05) is 26.3 Å². The topological polar surface area (TPSA) is 145 Å². The van der Waals surface area contributed by atoms with Crippen LogP contribution in [-0.2, 0) is 29.2 Å². The Kier molecular flexibility index (Phi) is 16.1. The largest absolute Gasteiger partial charge is 1.00 e. The van der Waals surface area contributed by atoms with Crippen molar-refractivity contribution in [1.82, 2.24) is 5.32 Å². The minimum atomic E-state index is -4.71. The van der Waals surface area contributed by atoms with Crippen LogP contribution in [0.5, 0.6) is 0 Å². The van der Waals surface area contributed by atoms with E-state index in [9.17, 15) is 25.9 Å². The summed E-state index contributed by atoms with van der Waals surface area (Å²) in [6.45, 7) is -0.751. The molecule has 9 nitrogen and oxygen atoms in total. The normalized spacial score (nSPS) is 11.4. The van der Waals surface area contributed by atoms with Gasteiger partial charge in [-0.1, -0.05) is 0 Å². The van der Waals surface area contributed by atoms with Crippen LogP contribution in [0.3, 0.4) is 0 Å². The second kappa shape index (κ2) is 11.5. The Hall–Kier alpha value is 1.70. The zero-order chi connectivity index (χ0) is 11.9. The summed E-state index contributed by atoms with van der Waals surface area (Å²) in [5, 5.41) is 2.47. The molecule has 0 aliphatic carbocycles. The van der Waals surface area contributed by atoms with Gasteiger partial charge in [0.25, 0.3) is 0 Å². The van der Waals surface area contributed by atoms with Crippen LogP contribution in [0.2, 0.25) is 0 Å². The van der Waals surface area contributed by atoms with E-state index in [0.717, 1.165) is 0 Å². The molecular weight excluding hydrogens is 300 g/mol. The molecule has 0 aromatic rings. The summed E-state index contributed by atoms with van der Waals surface area (Å²) < 4.78 is 67.0. The summed E-state index contributed by atoms with van der Waals surface area (Å²) in [5.74, 6) is 0. The van der Waals surface area contributed by atoms with E-state index >= 15 is 0 Å². The first-order valence-corrected chi connectivity index (χ1v) is 6.28. The fraction of sp³-hybridized carbons (Fsp3) is 1.00. The van der Waals surface area contributed by atoms with Crippen LogP contribution >= 0.6 is 0 Å². The predicted octanol–water partition coefficient (Wildman–Crippen LogP) is -8.46. The fourth-order valence-corrected chi connectivity index (χ4v) is 1.13. The van der Waals surface area contributed by atoms with E-state index in [0.29, 0.717) is 0 Å². The zero-order valence-electron chi connectivity index (χ0n) is 9.41. The van der Waals surface area contributed by atoms with Gasteiger partial charge < -0.3 is 14.4 Å². The van der Waals surface area contributed by atoms with Crippen molar-refractivity contribution in [1.29, 1.82) is 0 Å². The summed E-state index contributed by atoms with van der Waals surface area (Å²) >= 11 is 0. The van der Waals surface area contributed by atoms with Gasteiger partial charge in [0.1, 0.15) is 0 Å². The van der Waals surface area contributed by atoms with Crippen LogP contribution < -0.4 is 64.4 Å². The SMILES string of the molecule is O=S(=O)([O-])OCCNCCOS(=O)(=O)[O-].[Na+].[Na+]. The minimum absolute atomic E-state index is 0. The smallest absolute Gasteiger partial charge is 0.726 e. The Morgan fingerprint density at radius 2 is 1.12 bits per heavy atom. The maximum absolute atomic E-state index is 9.90. The van der Waals surface area contributed by atoms with E-state index in [1.807, 2.05) is 0 Å². The fourth-order valence-electron chi connectivity index (χ4n) is 0.557. The molecule has 0 aliphatic heterocycles. The van der Waals surface area contributed by atoms with E-state index in [1.54, 1.807) is 0 Å². The van der Waals surface area contributed by atoms with Crippen LogP contribution in [0.4, 0.5) is 0 Å². The average Bonchev–Trinajstić information content (AvgIpc) is 1.98. The quantitative estimate of drug-likeness (QED) is 0.200. The number of nitrogens with one attached hydrogen (secondary N) is 1. The molecule has 0 amide bonds. The van der Waals surface area contributed by atoms with Gasteiger partial charge in [-0.3, -0.25) is 8.37 Å². The molecule has 0 fully saturated rings. The second-order valence-corrected chi connectivity index (χ2v) is 4.31. The van der Waals surface area contributed by atoms with Gasteiger partial charge in [0.05, 0.1) is 13.2 Å². The Bertz CT molecular complexity index is 331. The number of rotatable bonds is 8. The van der Waals surface area contributed by atoms with Crippen LogP contribution in [0, 0.1) is 0 Å². The van der Waals surface area contributed by atoms with Gasteiger partial charge >= 0.3 is 59.1 Å². The van der Waals surface area contributed by atoms with Crippen molar-refractivity contribution in [3.05, 3.63) is 0 Å². The molecule has 0 aliphatic rings. The first-order valence-electron chi connectivity index (χ1n) is 3.62. The molecule has 0 spiro atoms. The number of hydrogen-bond donors (Lipinski definition) is 1. The van der Waals surface area contributed by atoms with Crippen LogP contribution in [0.1, 0.15) is 0 Å². The van der Waals surface area contributed by atoms with Gasteiger partial charge in [0.2, 0.25) is 20.8 Å². The maximum Gasteiger partial charge on any atom is 1.00 e. The van der Waals surface area contributed by atoms with Crippen LogP contribution in [0.15, 0.2) is 0 Å². The van der Waals surface area contributed by atoms with Crippen molar-refractivity contribution in [2.24, 2.45) is 0 Å². The molecule has 0 saturated carbocycles. The summed E-state index contributed by atoms with van der Waals surface area (Å²) in [4.78, 5) is 0. The van der Waals surface area contributed by atoms with Gasteiger partial charge in [-0.15, -0.1) is 0 Å². The molecule has 0 heterocycles. The summed E-state index contributed by atoms with van der Waals surface area (Å²) in [6.07, 6.45) is 0. The minimum Gasteiger partial charge on any atom is -0.726 e. The summed E-state index contributed by atoms with van der Waals surface area (Å²) in [7, 11) is -9.41. The van der Waals surface area contributed by atoms with Crippen molar-refractivity contribution < 1.29 is 93.4 Å². The Labute approximate surface area is 144 Å². The van der Waals surface area contributed by atoms with Gasteiger partial charge in [-0.05, 0) is 0 Å². The molecular formula is C4H9NNa2O8S2. The van der Waals surface area contributed by atoms with Gasteiger partial charge in [-0.2, -0.15) is 0 Å². The van der Waals surface area contributed by atoms with Crippen molar-refractivity contribution in [2.45, 2.75) is 0 Å². The van der Waals surface area contributed by atoms with Crippen LogP contribution in [-0.4, -0.2) is 52.2 Å². The first kappa shape index (κ1) is 23.8. The molecule has 0 bridgehead atoms. The zero-order valence-corrected chi connectivity index (χ0v) is 15.0. The molecule has 0 aromatic carbocycles. The summed E-state index contributed by atoms with van der Waals surface area (Å²) in [6, 6.07) is 0. The average molecular weight is 309 g/mol. The van der Waals surface area contributed by atoms with E-state index in [-0.39, 0.29) is 85.4 Å². The van der Waals surface area contributed by atoms with E-state index in [1.165, 1.54) is 0 Å². The third-order valence-electron chi connectivity index (χ3n) is 1.01. The van der Waals surface area contributed by atoms with Crippen molar-refractivity contribution >= 4 is 20.8 Å². The van der Waals surface area contributed by atoms with E-state index < -0.39 is 20.8 Å². The summed E-state index contributed by atoms with van der Waals surface area (Å²) in [5.41, 5.74) is 0. The molecule has 0 rings (SSSR count). The monoisotopic (exact) mass is 309 g/mol. The molecule has 1 N–H and O–H groups in total. The van der Waals surface area contributed by atoms with Crippen molar-refractivity contribution in [3.63, 3.8) is 0 Å². The Morgan fingerprint density at radius 3 is 1.35 bits per heavy atom. The third kappa shape index (κ3) is 23.2. The van der Waals surface area contributed by atoms with Gasteiger partial charge in [0.15, 0.2) is 0 Å². The molecule has 17 heavy (non-hydrogen) atoms. The standard InChI is InChI=1S/C4H11NO8S2.2Na/c6-14(7,8)12-3-1-5-2-4-13-15(9,10)11;;/h5H,1-4H2,(H,6,7,8)(H,9,10,11);;/q;2*+1/p-2. The maximum atomic E-state index is 9.90. The van der Waals surface area contributed by atoms with Crippen molar-refractivity contribution in [3.8, 4) is 0 Å². The molecule has 92 valence electrons. The molecule has 0 radical (unpaired) electrons. The van der Waals surface area contributed by atoms with Gasteiger partial charge in [-0.25, -0.2) is 16.8 Å². The van der Waals surface area contributed by atoms with Crippen LogP contribution in [0.25, 0.3) is 0 Å². The predicted molar refractivity (Wildman–Crippen MR) is 44.2 cm³/mol. The Morgan fingerprint density at radius 1 is 0.824 bits per heavy atom. The molecule has 0 aromatic heterocycles. The van der Waals surface area contributed by atoms with E-state index in [4.69, 9.17) is 0 Å². The second-order valence-electron chi connectivity index (χ2n) is 2.21. The Balaban J connectivity index is -0.000000980. The first-order chi connectivity index (χ1) is 6.71. The molecule has 0 atom stereocenters. The van der Waals surface area contributed by atoms with Gasteiger partial charge in [0, 0.05) is 13.1 Å². The molecule has 0 unspecified atom stereocenters. The van der Waals surface area contributed by atoms with E-state index in [2.05, 4.69) is 13.7 Å².